The number of nitrogens with zero attached hydrogens (tertiary/aromatic N) is 1. The number of carbonyl (C=O) groups excluding carboxylic acids is 1. The van der Waals surface area contributed by atoms with Crippen LogP contribution in [-0.2, 0) is 4.84 Å². The van der Waals surface area contributed by atoms with E-state index in [0.29, 0.717) is 0 Å². The number of hydrogen-bond acceptors (Lipinski definition) is 3. The number of carbonyl (C=O) groups is 1. The van der Waals surface area contributed by atoms with Gasteiger partial charge in [0.2, 0.25) is 0 Å². The number of likely N-dealkylation sites (tertiary alicyclic amines) is 1. The second-order valence-corrected chi connectivity index (χ2v) is 3.31. The van der Waals surface area contributed by atoms with Gasteiger partial charge in [0.1, 0.15) is 0 Å². The van der Waals surface area contributed by atoms with Crippen LogP contribution in [0.4, 0.5) is 4.79 Å². The Morgan fingerprint density at radius 1 is 1.38 bits per heavy atom. The fourth-order valence-electron chi connectivity index (χ4n) is 1.36. The van der Waals surface area contributed by atoms with E-state index in [-0.39, 0.29) is 6.09 Å². The summed E-state index contributed by atoms with van der Waals surface area (Å²) < 4.78 is 0. The molecule has 0 aromatic heterocycles. The summed E-state index contributed by atoms with van der Waals surface area (Å²) in [4.78, 5) is 17.9. The largest absolute Gasteiger partial charge is 0.428 e. The minimum atomic E-state index is -0.229. The molecule has 0 aliphatic carbocycles. The minimum Gasteiger partial charge on any atom is -0.354 e. The van der Waals surface area contributed by atoms with Crippen LogP contribution in [0.25, 0.3) is 0 Å². The van der Waals surface area contributed by atoms with Gasteiger partial charge in [-0.15, -0.1) is 0 Å². The number of piperidine rings is 1. The molecule has 0 radical (unpaired) electrons. The lowest BCUT2D eigenvalue weighted by Gasteiger charge is -2.25. The predicted octanol–water partition coefficient (Wildman–Crippen LogP) is 1.52. The summed E-state index contributed by atoms with van der Waals surface area (Å²) in [6.45, 7) is 4.43. The Balaban J connectivity index is 2.13. The number of amides is 1. The van der Waals surface area contributed by atoms with E-state index in [1.165, 1.54) is 6.42 Å². The van der Waals surface area contributed by atoms with Crippen LogP contribution in [0.3, 0.4) is 0 Å². The zero-order valence-corrected chi connectivity index (χ0v) is 8.21. The van der Waals surface area contributed by atoms with Gasteiger partial charge in [-0.3, -0.25) is 0 Å². The SMILES string of the molecule is CCCNOC(=O)N1CCCCC1. The van der Waals surface area contributed by atoms with Gasteiger partial charge < -0.3 is 9.74 Å². The Morgan fingerprint density at radius 2 is 2.08 bits per heavy atom. The smallest absolute Gasteiger partial charge is 0.354 e. The topological polar surface area (TPSA) is 41.6 Å². The highest BCUT2D eigenvalue weighted by molar-refractivity contribution is 5.67. The van der Waals surface area contributed by atoms with Crippen LogP contribution in [0.1, 0.15) is 32.6 Å². The first-order valence-electron chi connectivity index (χ1n) is 5.03. The second-order valence-electron chi connectivity index (χ2n) is 3.31. The van der Waals surface area contributed by atoms with Crippen LogP contribution in [0.15, 0.2) is 0 Å². The van der Waals surface area contributed by atoms with Crippen molar-refractivity contribution in [2.24, 2.45) is 0 Å². The van der Waals surface area contributed by atoms with Gasteiger partial charge in [-0.05, 0) is 25.7 Å². The first-order valence-corrected chi connectivity index (χ1v) is 5.03. The van der Waals surface area contributed by atoms with E-state index in [1.54, 1.807) is 4.90 Å². The van der Waals surface area contributed by atoms with Crippen molar-refractivity contribution in [1.82, 2.24) is 10.4 Å². The molecule has 0 spiro atoms. The maximum absolute atomic E-state index is 11.3. The van der Waals surface area contributed by atoms with Gasteiger partial charge in [0.25, 0.3) is 0 Å². The molecule has 1 fully saturated rings. The fourth-order valence-corrected chi connectivity index (χ4v) is 1.36. The minimum absolute atomic E-state index is 0.229. The third kappa shape index (κ3) is 3.63. The highest BCUT2D eigenvalue weighted by Gasteiger charge is 2.17. The van der Waals surface area contributed by atoms with E-state index in [4.69, 9.17) is 4.84 Å². The molecular weight excluding hydrogens is 168 g/mol. The van der Waals surface area contributed by atoms with Gasteiger partial charge in [0.15, 0.2) is 0 Å². The Hall–Kier alpha value is -0.770. The molecule has 1 amide bonds. The lowest BCUT2D eigenvalue weighted by atomic mass is 10.1. The van der Waals surface area contributed by atoms with Crippen LogP contribution in [0.5, 0.6) is 0 Å². The summed E-state index contributed by atoms with van der Waals surface area (Å²) >= 11 is 0. The van der Waals surface area contributed by atoms with Gasteiger partial charge in [-0.1, -0.05) is 6.92 Å². The van der Waals surface area contributed by atoms with Crippen LogP contribution < -0.4 is 5.48 Å². The van der Waals surface area contributed by atoms with Gasteiger partial charge in [-0.25, -0.2) is 4.79 Å². The van der Waals surface area contributed by atoms with Crippen molar-refractivity contribution in [3.05, 3.63) is 0 Å². The molecule has 0 bridgehead atoms. The average molecular weight is 186 g/mol. The van der Waals surface area contributed by atoms with Crippen LogP contribution in [-0.4, -0.2) is 30.6 Å². The van der Waals surface area contributed by atoms with Crippen molar-refractivity contribution in [3.63, 3.8) is 0 Å². The molecule has 1 rings (SSSR count). The molecule has 13 heavy (non-hydrogen) atoms. The summed E-state index contributed by atoms with van der Waals surface area (Å²) in [5.74, 6) is 0. The standard InChI is InChI=1S/C9H18N2O2/c1-2-6-10-13-9(12)11-7-4-3-5-8-11/h10H,2-8H2,1H3. The van der Waals surface area contributed by atoms with Crippen molar-refractivity contribution in [3.8, 4) is 0 Å². The van der Waals surface area contributed by atoms with E-state index in [9.17, 15) is 4.79 Å². The van der Waals surface area contributed by atoms with E-state index in [2.05, 4.69) is 5.48 Å². The quantitative estimate of drug-likeness (QED) is 0.536. The first kappa shape index (κ1) is 10.3. The summed E-state index contributed by atoms with van der Waals surface area (Å²) in [5, 5.41) is 0. The van der Waals surface area contributed by atoms with Crippen molar-refractivity contribution in [2.75, 3.05) is 19.6 Å². The molecular formula is C9H18N2O2. The summed E-state index contributed by atoms with van der Waals surface area (Å²) in [7, 11) is 0. The molecule has 1 heterocycles. The molecule has 0 aromatic carbocycles. The Bertz CT molecular complexity index is 156. The maximum Gasteiger partial charge on any atom is 0.428 e. The van der Waals surface area contributed by atoms with E-state index >= 15 is 0 Å². The molecule has 0 saturated carbocycles. The zero-order valence-electron chi connectivity index (χ0n) is 8.21. The maximum atomic E-state index is 11.3. The molecule has 76 valence electrons. The van der Waals surface area contributed by atoms with E-state index in [0.717, 1.165) is 38.9 Å². The number of hydroxylamine groups is 1. The highest BCUT2D eigenvalue weighted by atomic mass is 16.7. The van der Waals surface area contributed by atoms with Crippen molar-refractivity contribution >= 4 is 6.09 Å². The fraction of sp³-hybridized carbons (Fsp3) is 0.889. The van der Waals surface area contributed by atoms with Gasteiger partial charge >= 0.3 is 6.09 Å². The molecule has 0 aromatic rings. The summed E-state index contributed by atoms with van der Waals surface area (Å²) in [6, 6.07) is 0. The monoisotopic (exact) mass is 186 g/mol. The van der Waals surface area contributed by atoms with Crippen LogP contribution in [0.2, 0.25) is 0 Å². The molecule has 1 aliphatic rings. The predicted molar refractivity (Wildman–Crippen MR) is 50.2 cm³/mol. The number of hydrogen-bond donors (Lipinski definition) is 1. The number of rotatable bonds is 3. The second kappa shape index (κ2) is 5.80. The van der Waals surface area contributed by atoms with Crippen LogP contribution >= 0.6 is 0 Å². The Kier molecular flexibility index (Phi) is 4.60. The molecule has 0 unspecified atom stereocenters. The van der Waals surface area contributed by atoms with Crippen molar-refractivity contribution in [2.45, 2.75) is 32.6 Å². The summed E-state index contributed by atoms with van der Waals surface area (Å²) in [5.41, 5.74) is 2.64. The molecule has 4 nitrogen and oxygen atoms in total. The van der Waals surface area contributed by atoms with Gasteiger partial charge in [0, 0.05) is 19.6 Å². The normalized spacial score (nSPS) is 17.2. The van der Waals surface area contributed by atoms with Gasteiger partial charge in [0.05, 0.1) is 0 Å². The Labute approximate surface area is 79.2 Å². The van der Waals surface area contributed by atoms with Crippen LogP contribution in [0, 0.1) is 0 Å². The molecule has 0 atom stereocenters. The average Bonchev–Trinajstić information content (AvgIpc) is 2.19. The Morgan fingerprint density at radius 3 is 2.69 bits per heavy atom. The third-order valence-electron chi connectivity index (χ3n) is 2.13. The van der Waals surface area contributed by atoms with Crippen molar-refractivity contribution < 1.29 is 9.63 Å². The van der Waals surface area contributed by atoms with E-state index in [1.807, 2.05) is 6.92 Å². The lowest BCUT2D eigenvalue weighted by Crippen LogP contribution is -2.38. The highest BCUT2D eigenvalue weighted by Crippen LogP contribution is 2.08. The van der Waals surface area contributed by atoms with Crippen molar-refractivity contribution in [1.29, 1.82) is 0 Å². The molecule has 4 heteroatoms. The molecule has 1 N–H and O–H groups in total. The molecule has 1 aliphatic heterocycles. The molecule has 1 saturated heterocycles. The lowest BCUT2D eigenvalue weighted by molar-refractivity contribution is 0.0505. The third-order valence-corrected chi connectivity index (χ3v) is 2.13. The zero-order chi connectivity index (χ0) is 9.52. The van der Waals surface area contributed by atoms with Gasteiger partial charge in [-0.2, -0.15) is 5.48 Å². The van der Waals surface area contributed by atoms with E-state index < -0.39 is 0 Å². The number of nitrogens with one attached hydrogen (secondary N) is 1. The first-order chi connectivity index (χ1) is 6.34. The summed E-state index contributed by atoms with van der Waals surface area (Å²) in [6.07, 6.45) is 4.17.